The Bertz CT molecular complexity index is 1950. The number of nitrogens with two attached hydrogens (primary N) is 1. The molecule has 6 rings (SSSR count). The SMILES string of the molecule is Cc1nc2c(NCCc3ccccc3)nc(N)nc2n1C1OC(COP(NC(C)C(=O)OCC(C)(C)C)Oc2cccc3ccccc23)CC1C. The van der Waals surface area contributed by atoms with Crippen LogP contribution in [0.3, 0.4) is 0 Å². The molecule has 3 aromatic carbocycles. The molecule has 1 aliphatic rings. The number of fused-ring (bicyclic) bond motifs is 2. The fourth-order valence-electron chi connectivity index (χ4n) is 6.07. The van der Waals surface area contributed by atoms with Gasteiger partial charge in [-0.1, -0.05) is 94.4 Å². The average Bonchev–Trinajstić information content (AvgIpc) is 3.63. The van der Waals surface area contributed by atoms with Crippen LogP contribution in [0.25, 0.3) is 21.9 Å². The normalized spacial score (nSPS) is 18.9. The van der Waals surface area contributed by atoms with Crippen LogP contribution in [0.15, 0.2) is 72.8 Å². The number of nitrogens with zero attached hydrogens (tertiary/aromatic N) is 4. The van der Waals surface area contributed by atoms with Crippen molar-refractivity contribution in [3.63, 3.8) is 0 Å². The van der Waals surface area contributed by atoms with E-state index < -0.39 is 14.6 Å². The molecule has 0 aliphatic carbocycles. The van der Waals surface area contributed by atoms with Crippen LogP contribution in [0.1, 0.15) is 58.7 Å². The molecule has 270 valence electrons. The monoisotopic (exact) mass is 713 g/mol. The Labute approximate surface area is 300 Å². The lowest BCUT2D eigenvalue weighted by atomic mass is 9.99. The smallest absolute Gasteiger partial charge is 0.323 e. The summed E-state index contributed by atoms with van der Waals surface area (Å²) in [5.74, 6) is 1.91. The Kier molecular flexibility index (Phi) is 11.4. The lowest BCUT2D eigenvalue weighted by Crippen LogP contribution is -2.35. The van der Waals surface area contributed by atoms with Gasteiger partial charge in [0.2, 0.25) is 5.95 Å². The number of imidazole rings is 1. The van der Waals surface area contributed by atoms with Crippen molar-refractivity contribution in [3.8, 4) is 5.75 Å². The van der Waals surface area contributed by atoms with Crippen molar-refractivity contribution in [2.75, 3.05) is 30.8 Å². The van der Waals surface area contributed by atoms with E-state index in [4.69, 9.17) is 29.2 Å². The molecule has 51 heavy (non-hydrogen) atoms. The van der Waals surface area contributed by atoms with Gasteiger partial charge in [-0.05, 0) is 49.1 Å². The maximum absolute atomic E-state index is 12.9. The van der Waals surface area contributed by atoms with Crippen LogP contribution in [0.2, 0.25) is 0 Å². The Balaban J connectivity index is 1.16. The molecule has 13 heteroatoms. The molecule has 0 spiro atoms. The minimum Gasteiger partial charge on any atom is -0.464 e. The van der Waals surface area contributed by atoms with Gasteiger partial charge < -0.3 is 29.6 Å². The Morgan fingerprint density at radius 1 is 1.06 bits per heavy atom. The zero-order valence-electron chi connectivity index (χ0n) is 30.1. The molecule has 1 fully saturated rings. The predicted octanol–water partition coefficient (Wildman–Crippen LogP) is 7.34. The molecule has 0 radical (unpaired) electrons. The Hall–Kier alpha value is -4.35. The first-order valence-corrected chi connectivity index (χ1v) is 18.6. The van der Waals surface area contributed by atoms with E-state index in [0.29, 0.717) is 35.9 Å². The summed E-state index contributed by atoms with van der Waals surface area (Å²) in [6, 6.07) is 23.5. The molecule has 5 atom stereocenters. The van der Waals surface area contributed by atoms with Gasteiger partial charge in [-0.25, -0.2) is 10.1 Å². The fourth-order valence-corrected chi connectivity index (χ4v) is 7.31. The third-order valence-electron chi connectivity index (χ3n) is 8.60. The number of carbonyl (C=O) groups excluding carboxylic acids is 1. The number of benzene rings is 3. The van der Waals surface area contributed by atoms with E-state index >= 15 is 0 Å². The van der Waals surface area contributed by atoms with E-state index in [-0.39, 0.29) is 42.2 Å². The third kappa shape index (κ3) is 9.12. The van der Waals surface area contributed by atoms with Gasteiger partial charge in [0.1, 0.15) is 23.8 Å². The van der Waals surface area contributed by atoms with E-state index in [9.17, 15) is 4.79 Å². The van der Waals surface area contributed by atoms with Crippen molar-refractivity contribution in [2.24, 2.45) is 11.3 Å². The minimum absolute atomic E-state index is 0.116. The number of hydrogen-bond donors (Lipinski definition) is 3. The van der Waals surface area contributed by atoms with Crippen LogP contribution >= 0.6 is 8.53 Å². The second-order valence-corrected chi connectivity index (χ2v) is 15.5. The third-order valence-corrected chi connectivity index (χ3v) is 9.94. The molecule has 1 aliphatic heterocycles. The van der Waals surface area contributed by atoms with Crippen molar-refractivity contribution >= 4 is 48.2 Å². The van der Waals surface area contributed by atoms with Crippen molar-refractivity contribution in [2.45, 2.75) is 72.8 Å². The second-order valence-electron chi connectivity index (χ2n) is 14.3. The zero-order valence-corrected chi connectivity index (χ0v) is 31.0. The summed E-state index contributed by atoms with van der Waals surface area (Å²) >= 11 is 0. The lowest BCUT2D eigenvalue weighted by molar-refractivity contribution is -0.148. The van der Waals surface area contributed by atoms with Crippen LogP contribution in [0.5, 0.6) is 5.75 Å². The zero-order chi connectivity index (χ0) is 36.1. The topological polar surface area (TPSA) is 148 Å². The maximum Gasteiger partial charge on any atom is 0.323 e. The number of aromatic nitrogens is 4. The molecule has 2 aromatic heterocycles. The van der Waals surface area contributed by atoms with Crippen molar-refractivity contribution in [3.05, 3.63) is 84.2 Å². The average molecular weight is 714 g/mol. The van der Waals surface area contributed by atoms with Gasteiger partial charge in [-0.3, -0.25) is 9.36 Å². The highest BCUT2D eigenvalue weighted by Crippen LogP contribution is 2.42. The van der Waals surface area contributed by atoms with Gasteiger partial charge in [-0.2, -0.15) is 9.97 Å². The van der Waals surface area contributed by atoms with Crippen LogP contribution in [-0.2, 0) is 25.2 Å². The number of anilines is 2. The molecule has 3 heterocycles. The quantitative estimate of drug-likeness (QED) is 0.0785. The van der Waals surface area contributed by atoms with E-state index in [1.807, 2.05) is 92.9 Å². The summed E-state index contributed by atoms with van der Waals surface area (Å²) < 4.78 is 27.1. The highest BCUT2D eigenvalue weighted by atomic mass is 31.2. The maximum atomic E-state index is 12.9. The highest BCUT2D eigenvalue weighted by Gasteiger charge is 2.37. The first-order valence-electron chi connectivity index (χ1n) is 17.4. The molecular formula is C38H48N7O5P. The van der Waals surface area contributed by atoms with Crippen molar-refractivity contribution in [1.82, 2.24) is 24.6 Å². The number of aryl methyl sites for hydroxylation is 1. The number of rotatable bonds is 14. The minimum atomic E-state index is -1.77. The molecule has 12 nitrogen and oxygen atoms in total. The molecule has 1 saturated heterocycles. The number of carbonyl (C=O) groups is 1. The molecule has 5 aromatic rings. The van der Waals surface area contributed by atoms with E-state index in [1.165, 1.54) is 5.56 Å². The second kappa shape index (κ2) is 15.9. The van der Waals surface area contributed by atoms with Crippen LogP contribution in [0, 0.1) is 18.3 Å². The summed E-state index contributed by atoms with van der Waals surface area (Å²) in [6.45, 7) is 13.1. The predicted molar refractivity (Wildman–Crippen MR) is 201 cm³/mol. The van der Waals surface area contributed by atoms with Gasteiger partial charge in [0.05, 0.1) is 19.3 Å². The van der Waals surface area contributed by atoms with Crippen molar-refractivity contribution < 1.29 is 23.3 Å². The van der Waals surface area contributed by atoms with E-state index in [0.717, 1.165) is 29.4 Å². The number of nitrogen functional groups attached to an aromatic ring is 1. The van der Waals surface area contributed by atoms with Crippen LogP contribution in [-0.4, -0.2) is 57.4 Å². The highest BCUT2D eigenvalue weighted by molar-refractivity contribution is 7.45. The molecule has 0 bridgehead atoms. The molecule has 4 N–H and O–H groups in total. The summed E-state index contributed by atoms with van der Waals surface area (Å²) in [5.41, 5.74) is 8.55. The Morgan fingerprint density at radius 3 is 2.59 bits per heavy atom. The summed E-state index contributed by atoms with van der Waals surface area (Å²) in [4.78, 5) is 26.9. The summed E-state index contributed by atoms with van der Waals surface area (Å²) in [7, 11) is -1.77. The largest absolute Gasteiger partial charge is 0.464 e. The molecule has 0 amide bonds. The summed E-state index contributed by atoms with van der Waals surface area (Å²) in [5, 5.41) is 8.65. The van der Waals surface area contributed by atoms with Gasteiger partial charge >= 0.3 is 14.5 Å². The summed E-state index contributed by atoms with van der Waals surface area (Å²) in [6.07, 6.45) is 0.956. The first-order chi connectivity index (χ1) is 24.4. The molecule has 5 unspecified atom stereocenters. The standard InChI is InChI=1S/C38H48N7O5P/c1-24-21-29(49-35(24)45-26(3)41-32-33(42-37(39)43-34(32)45)40-20-19-27-13-8-7-9-14-27)22-48-51(44-25(2)36(46)47-23-38(4,5)6)50-31-18-12-16-28-15-10-11-17-30(28)31/h7-18,24-25,29,35,44H,19-23H2,1-6H3,(H3,39,40,42,43). The lowest BCUT2D eigenvalue weighted by Gasteiger charge is -2.25. The van der Waals surface area contributed by atoms with E-state index in [1.54, 1.807) is 6.92 Å². The van der Waals surface area contributed by atoms with Gasteiger partial charge in [0.15, 0.2) is 17.0 Å². The van der Waals surface area contributed by atoms with Gasteiger partial charge in [0.25, 0.3) is 0 Å². The Morgan fingerprint density at radius 2 is 1.80 bits per heavy atom. The first kappa shape index (κ1) is 36.4. The van der Waals surface area contributed by atoms with Crippen LogP contribution in [0.4, 0.5) is 11.8 Å². The number of esters is 1. The number of ether oxygens (including phenoxy) is 2. The van der Waals surface area contributed by atoms with Gasteiger partial charge in [-0.15, -0.1) is 0 Å². The number of nitrogens with one attached hydrogen (secondary N) is 2. The molecule has 0 saturated carbocycles. The number of hydrogen-bond acceptors (Lipinski definition) is 11. The van der Waals surface area contributed by atoms with E-state index in [2.05, 4.69) is 39.4 Å². The fraction of sp³-hybridized carbons (Fsp3) is 0.421. The van der Waals surface area contributed by atoms with Crippen LogP contribution < -0.4 is 20.7 Å². The van der Waals surface area contributed by atoms with Crippen molar-refractivity contribution in [1.29, 1.82) is 0 Å². The van der Waals surface area contributed by atoms with Gasteiger partial charge in [0, 0.05) is 17.8 Å². The molecular weight excluding hydrogens is 665 g/mol.